The Morgan fingerprint density at radius 2 is 1.70 bits per heavy atom. The lowest BCUT2D eigenvalue weighted by Crippen LogP contribution is -2.67. The Hall–Kier alpha value is -1.31. The number of fused-ring (bicyclic) bond motifs is 7. The second-order valence-electron chi connectivity index (χ2n) is 14.8. The van der Waals surface area contributed by atoms with Crippen molar-refractivity contribution in [2.24, 2.45) is 56.7 Å². The fourth-order valence-electron chi connectivity index (χ4n) is 11.7. The van der Waals surface area contributed by atoms with E-state index in [1.807, 2.05) is 0 Å². The first-order chi connectivity index (χ1) is 17.3. The molecule has 0 spiro atoms. The minimum absolute atomic E-state index is 0.0000851. The largest absolute Gasteiger partial charge is 0.463 e. The Balaban J connectivity index is 1.52. The van der Waals surface area contributed by atoms with E-state index < -0.39 is 24.1 Å². The van der Waals surface area contributed by atoms with Crippen LogP contribution in [0.2, 0.25) is 0 Å². The number of carbonyl (C=O) groups is 1. The summed E-state index contributed by atoms with van der Waals surface area (Å²) in [7, 11) is 0. The lowest BCUT2D eigenvalue weighted by molar-refractivity contribution is -0.245. The van der Waals surface area contributed by atoms with E-state index in [0.29, 0.717) is 36.2 Å². The summed E-state index contributed by atoms with van der Waals surface area (Å²) >= 11 is 0. The number of aliphatic hydroxyl groups is 2. The van der Waals surface area contributed by atoms with Gasteiger partial charge in [-0.1, -0.05) is 38.8 Å². The molecule has 0 amide bonds. The highest BCUT2D eigenvalue weighted by Gasteiger charge is 2.71. The van der Waals surface area contributed by atoms with Crippen LogP contribution in [0, 0.1) is 69.0 Å². The SMILES string of the molecule is C#C[C@@]1(C)C2CC[C@]3(C)C(CCC4C5[C@H](C(=C)C)CC[C@]5(COC(=O)CO)CC[C@]43C)C2(C)CC[C@@H]1O. The van der Waals surface area contributed by atoms with E-state index in [1.54, 1.807) is 0 Å². The number of aliphatic hydroxyl groups excluding tert-OH is 2. The molecular formula is C33H50O4. The van der Waals surface area contributed by atoms with Crippen molar-refractivity contribution >= 4 is 5.97 Å². The molecule has 0 aromatic carbocycles. The van der Waals surface area contributed by atoms with E-state index in [0.717, 1.165) is 44.9 Å². The van der Waals surface area contributed by atoms with Crippen molar-refractivity contribution < 1.29 is 19.7 Å². The Morgan fingerprint density at radius 1 is 0.973 bits per heavy atom. The van der Waals surface area contributed by atoms with E-state index in [1.165, 1.54) is 24.8 Å². The van der Waals surface area contributed by atoms with Gasteiger partial charge in [-0.3, -0.25) is 0 Å². The minimum atomic E-state index is -0.545. The van der Waals surface area contributed by atoms with Crippen molar-refractivity contribution in [1.29, 1.82) is 0 Å². The first-order valence-corrected chi connectivity index (χ1v) is 14.9. The molecule has 37 heavy (non-hydrogen) atoms. The van der Waals surface area contributed by atoms with Crippen LogP contribution < -0.4 is 0 Å². The molecule has 11 atom stereocenters. The number of hydrogen-bond acceptors (Lipinski definition) is 4. The standard InChI is InChI=1S/C33H50O4/c1-8-29(4)24-12-15-32(7)25(30(24,5)14-13-26(29)35)10-9-23-28-22(21(2)3)11-16-33(28,18-17-31(23,32)6)20-37-27(36)19-34/h1,22-26,28,34-35H,2,9-20H2,3-7H3/t22-,23?,24?,25?,26-,28?,29-,30?,31+,32+,33+/m0/s1. The van der Waals surface area contributed by atoms with Gasteiger partial charge in [-0.15, -0.1) is 6.42 Å². The lowest BCUT2D eigenvalue weighted by Gasteiger charge is -2.72. The smallest absolute Gasteiger partial charge is 0.331 e. The molecule has 0 bridgehead atoms. The van der Waals surface area contributed by atoms with Gasteiger partial charge in [-0.25, -0.2) is 4.79 Å². The van der Waals surface area contributed by atoms with Crippen molar-refractivity contribution in [1.82, 2.24) is 0 Å². The number of allylic oxidation sites excluding steroid dienone is 1. The second kappa shape index (κ2) is 8.85. The van der Waals surface area contributed by atoms with E-state index in [9.17, 15) is 15.0 Å². The zero-order chi connectivity index (χ0) is 27.0. The van der Waals surface area contributed by atoms with E-state index in [2.05, 4.69) is 47.1 Å². The number of hydrogen-bond donors (Lipinski definition) is 2. The third kappa shape index (κ3) is 3.52. The van der Waals surface area contributed by atoms with Gasteiger partial charge in [0.05, 0.1) is 18.1 Å². The molecule has 2 N–H and O–H groups in total. The molecule has 4 heteroatoms. The maximum absolute atomic E-state index is 12.0. The molecular weight excluding hydrogens is 460 g/mol. The third-order valence-electron chi connectivity index (χ3n) is 13.8. The van der Waals surface area contributed by atoms with E-state index >= 15 is 0 Å². The van der Waals surface area contributed by atoms with Gasteiger partial charge in [0.2, 0.25) is 0 Å². The number of carbonyl (C=O) groups excluding carboxylic acids is 1. The molecule has 5 rings (SSSR count). The third-order valence-corrected chi connectivity index (χ3v) is 13.8. The average molecular weight is 511 g/mol. The molecule has 5 aliphatic carbocycles. The fourth-order valence-corrected chi connectivity index (χ4v) is 11.7. The maximum Gasteiger partial charge on any atom is 0.331 e. The molecule has 5 saturated carbocycles. The van der Waals surface area contributed by atoms with Crippen LogP contribution in [-0.4, -0.2) is 35.5 Å². The molecule has 0 heterocycles. The monoisotopic (exact) mass is 510 g/mol. The lowest BCUT2D eigenvalue weighted by atomic mass is 9.32. The first-order valence-electron chi connectivity index (χ1n) is 14.9. The molecule has 0 aliphatic heterocycles. The summed E-state index contributed by atoms with van der Waals surface area (Å²) in [5.74, 6) is 5.08. The highest BCUT2D eigenvalue weighted by atomic mass is 16.5. The second-order valence-corrected chi connectivity index (χ2v) is 14.8. The summed E-state index contributed by atoms with van der Waals surface area (Å²) < 4.78 is 5.68. The molecule has 4 nitrogen and oxygen atoms in total. The molecule has 5 fully saturated rings. The highest BCUT2D eigenvalue weighted by Crippen LogP contribution is 2.77. The average Bonchev–Trinajstić information content (AvgIpc) is 3.25. The van der Waals surface area contributed by atoms with Gasteiger partial charge < -0.3 is 14.9 Å². The highest BCUT2D eigenvalue weighted by molar-refractivity contribution is 5.70. The van der Waals surface area contributed by atoms with Crippen LogP contribution in [0.5, 0.6) is 0 Å². The van der Waals surface area contributed by atoms with Gasteiger partial charge in [-0.2, -0.15) is 0 Å². The van der Waals surface area contributed by atoms with Gasteiger partial charge in [0.25, 0.3) is 0 Å². The van der Waals surface area contributed by atoms with Crippen molar-refractivity contribution in [3.63, 3.8) is 0 Å². The molecule has 0 aromatic heterocycles. The van der Waals surface area contributed by atoms with Gasteiger partial charge in [-0.05, 0) is 124 Å². The summed E-state index contributed by atoms with van der Waals surface area (Å²) in [4.78, 5) is 12.0. The van der Waals surface area contributed by atoms with Crippen molar-refractivity contribution in [2.75, 3.05) is 13.2 Å². The fraction of sp³-hybridized carbons (Fsp3) is 0.848. The van der Waals surface area contributed by atoms with Gasteiger partial charge >= 0.3 is 5.97 Å². The van der Waals surface area contributed by atoms with Crippen molar-refractivity contribution in [3.05, 3.63) is 12.2 Å². The predicted molar refractivity (Wildman–Crippen MR) is 146 cm³/mol. The van der Waals surface area contributed by atoms with Crippen LogP contribution in [-0.2, 0) is 9.53 Å². The van der Waals surface area contributed by atoms with Crippen molar-refractivity contribution in [3.8, 4) is 12.3 Å². The number of rotatable bonds is 4. The van der Waals surface area contributed by atoms with Gasteiger partial charge in [0.15, 0.2) is 0 Å². The maximum atomic E-state index is 12.0. The Bertz CT molecular complexity index is 997. The van der Waals surface area contributed by atoms with E-state index in [4.69, 9.17) is 11.2 Å². The van der Waals surface area contributed by atoms with Crippen LogP contribution in [0.1, 0.15) is 98.8 Å². The normalized spacial score (nSPS) is 52.6. The predicted octanol–water partition coefficient (Wildman–Crippen LogP) is 6.15. The molecule has 5 aliphatic rings. The molecule has 5 unspecified atom stereocenters. The Kier molecular flexibility index (Phi) is 6.52. The Labute approximate surface area is 225 Å². The number of esters is 1. The van der Waals surface area contributed by atoms with Crippen LogP contribution in [0.15, 0.2) is 12.2 Å². The molecule has 0 radical (unpaired) electrons. The zero-order valence-electron chi connectivity index (χ0n) is 23.9. The summed E-state index contributed by atoms with van der Waals surface area (Å²) in [5.41, 5.74) is 1.41. The molecule has 206 valence electrons. The van der Waals surface area contributed by atoms with Crippen LogP contribution >= 0.6 is 0 Å². The van der Waals surface area contributed by atoms with Crippen LogP contribution in [0.4, 0.5) is 0 Å². The number of terminal acetylenes is 1. The Morgan fingerprint density at radius 3 is 2.35 bits per heavy atom. The summed E-state index contributed by atoms with van der Waals surface area (Å²) in [5, 5.41) is 20.3. The topological polar surface area (TPSA) is 66.8 Å². The van der Waals surface area contributed by atoms with Crippen LogP contribution in [0.25, 0.3) is 0 Å². The first kappa shape index (κ1) is 27.3. The summed E-state index contributed by atoms with van der Waals surface area (Å²) in [6.07, 6.45) is 16.7. The van der Waals surface area contributed by atoms with Crippen LogP contribution in [0.3, 0.4) is 0 Å². The quantitative estimate of drug-likeness (QED) is 0.270. The van der Waals surface area contributed by atoms with Crippen molar-refractivity contribution in [2.45, 2.75) is 105 Å². The van der Waals surface area contributed by atoms with Gasteiger partial charge in [0, 0.05) is 5.41 Å². The minimum Gasteiger partial charge on any atom is -0.463 e. The molecule has 0 aromatic rings. The zero-order valence-corrected chi connectivity index (χ0v) is 23.9. The van der Waals surface area contributed by atoms with Gasteiger partial charge in [0.1, 0.15) is 6.61 Å². The van der Waals surface area contributed by atoms with E-state index in [-0.39, 0.29) is 21.7 Å². The summed E-state index contributed by atoms with van der Waals surface area (Å²) in [6.45, 7) is 16.4. The number of ether oxygens (including phenoxy) is 1. The summed E-state index contributed by atoms with van der Waals surface area (Å²) in [6, 6.07) is 0. The molecule has 0 saturated heterocycles.